The van der Waals surface area contributed by atoms with E-state index in [1.165, 1.54) is 11.0 Å². The first-order chi connectivity index (χ1) is 14.8. The molecular weight excluding hydrogens is 406 g/mol. The number of amides is 1. The first-order valence-corrected chi connectivity index (χ1v) is 9.41. The van der Waals surface area contributed by atoms with Crippen molar-refractivity contribution in [1.29, 1.82) is 0 Å². The Bertz CT molecular complexity index is 1340. The number of rotatable bonds is 5. The Morgan fingerprint density at radius 2 is 1.84 bits per heavy atom. The Hall–Kier alpha value is -3.95. The maximum absolute atomic E-state index is 13.4. The van der Waals surface area contributed by atoms with Crippen LogP contribution in [0.1, 0.15) is 16.7 Å². The number of fused-ring (bicyclic) bond motifs is 1. The Balaban J connectivity index is 1.56. The highest BCUT2D eigenvalue weighted by Gasteiger charge is 2.15. The lowest BCUT2D eigenvalue weighted by Crippen LogP contribution is -2.28. The van der Waals surface area contributed by atoms with Gasteiger partial charge >= 0.3 is 0 Å². The monoisotopic (exact) mass is 424 g/mol. The number of anilines is 1. The van der Waals surface area contributed by atoms with Crippen molar-refractivity contribution in [1.82, 2.24) is 24.5 Å². The van der Waals surface area contributed by atoms with Gasteiger partial charge in [0.05, 0.1) is 6.54 Å². The molecule has 1 N–H and O–H groups in total. The first kappa shape index (κ1) is 20.3. The fourth-order valence-corrected chi connectivity index (χ4v) is 3.28. The largest absolute Gasteiger partial charge is 0.324 e. The fraction of sp³-hybridized carbons (Fsp3) is 0.190. The molecule has 31 heavy (non-hydrogen) atoms. The van der Waals surface area contributed by atoms with Crippen molar-refractivity contribution in [2.75, 3.05) is 5.32 Å². The Morgan fingerprint density at radius 1 is 1.10 bits per heavy atom. The van der Waals surface area contributed by atoms with Gasteiger partial charge in [0, 0.05) is 11.8 Å². The van der Waals surface area contributed by atoms with E-state index in [1.807, 2.05) is 26.0 Å². The van der Waals surface area contributed by atoms with Gasteiger partial charge in [0.25, 0.3) is 5.56 Å². The lowest BCUT2D eigenvalue weighted by Gasteiger charge is -2.10. The zero-order chi connectivity index (χ0) is 22.1. The summed E-state index contributed by atoms with van der Waals surface area (Å²) in [5.41, 5.74) is 2.52. The number of aromatic nitrogens is 5. The lowest BCUT2D eigenvalue weighted by atomic mass is 10.1. The van der Waals surface area contributed by atoms with Crippen molar-refractivity contribution < 1.29 is 13.6 Å². The van der Waals surface area contributed by atoms with Crippen molar-refractivity contribution in [2.24, 2.45) is 0 Å². The molecule has 8 nitrogen and oxygen atoms in total. The smallest absolute Gasteiger partial charge is 0.283 e. The highest BCUT2D eigenvalue weighted by Crippen LogP contribution is 2.16. The molecular formula is C21H18F2N6O2. The molecule has 0 atom stereocenters. The molecule has 0 aliphatic carbocycles. The minimum absolute atomic E-state index is 0.0190. The number of carbonyl (C=O) groups is 1. The summed E-state index contributed by atoms with van der Waals surface area (Å²) in [6, 6.07) is 8.71. The normalized spacial score (nSPS) is 11.1. The molecule has 0 aliphatic heterocycles. The standard InChI is InChI=1S/C21H18F2N6O2/c1-12-3-4-17(13(2)5-12)25-18(30)10-28-11-24-20-19(21(28)31)26-27-29(20)9-14-6-15(22)8-16(23)7-14/h3-8,11H,9-10H2,1-2H3,(H,25,30). The number of nitrogens with one attached hydrogen (secondary N) is 1. The summed E-state index contributed by atoms with van der Waals surface area (Å²) in [6.07, 6.45) is 1.22. The summed E-state index contributed by atoms with van der Waals surface area (Å²) in [5, 5.41) is 10.5. The highest BCUT2D eigenvalue weighted by atomic mass is 19.1. The maximum Gasteiger partial charge on any atom is 0.283 e. The summed E-state index contributed by atoms with van der Waals surface area (Å²) in [6.45, 7) is 3.56. The van der Waals surface area contributed by atoms with E-state index in [-0.39, 0.29) is 24.3 Å². The molecule has 2 aromatic carbocycles. The van der Waals surface area contributed by atoms with Crippen molar-refractivity contribution in [2.45, 2.75) is 26.9 Å². The third-order valence-electron chi connectivity index (χ3n) is 4.72. The van der Waals surface area contributed by atoms with Gasteiger partial charge < -0.3 is 5.32 Å². The predicted octanol–water partition coefficient (Wildman–Crippen LogP) is 2.57. The SMILES string of the molecule is Cc1ccc(NC(=O)Cn2cnc3c(nnn3Cc3cc(F)cc(F)c3)c2=O)c(C)c1. The molecule has 0 bridgehead atoms. The topological polar surface area (TPSA) is 94.7 Å². The van der Waals surface area contributed by atoms with Gasteiger partial charge in [-0.1, -0.05) is 22.9 Å². The summed E-state index contributed by atoms with van der Waals surface area (Å²) >= 11 is 0. The molecule has 4 rings (SSSR count). The number of aryl methyl sites for hydroxylation is 2. The molecule has 0 saturated carbocycles. The number of hydrogen-bond donors (Lipinski definition) is 1. The van der Waals surface area contributed by atoms with E-state index in [0.29, 0.717) is 11.3 Å². The number of hydrogen-bond acceptors (Lipinski definition) is 5. The quantitative estimate of drug-likeness (QED) is 0.531. The van der Waals surface area contributed by atoms with Crippen LogP contribution >= 0.6 is 0 Å². The van der Waals surface area contributed by atoms with Crippen LogP contribution in [0.15, 0.2) is 47.5 Å². The molecule has 2 aromatic heterocycles. The Labute approximate surface area is 175 Å². The molecule has 0 radical (unpaired) electrons. The number of nitrogens with zero attached hydrogens (tertiary/aromatic N) is 5. The second-order valence-electron chi connectivity index (χ2n) is 7.24. The Morgan fingerprint density at radius 3 is 2.55 bits per heavy atom. The molecule has 158 valence electrons. The van der Waals surface area contributed by atoms with Gasteiger partial charge in [-0.2, -0.15) is 0 Å². The second-order valence-corrected chi connectivity index (χ2v) is 7.24. The minimum Gasteiger partial charge on any atom is -0.324 e. The van der Waals surface area contributed by atoms with Gasteiger partial charge in [0.15, 0.2) is 11.2 Å². The van der Waals surface area contributed by atoms with Gasteiger partial charge in [-0.25, -0.2) is 18.4 Å². The van der Waals surface area contributed by atoms with Crippen LogP contribution < -0.4 is 10.9 Å². The number of carbonyl (C=O) groups excluding carboxylic acids is 1. The van der Waals surface area contributed by atoms with Crippen LogP contribution in [-0.2, 0) is 17.9 Å². The van der Waals surface area contributed by atoms with Crippen LogP contribution in [-0.4, -0.2) is 30.5 Å². The molecule has 0 spiro atoms. The van der Waals surface area contributed by atoms with Gasteiger partial charge in [0.2, 0.25) is 5.91 Å². The predicted molar refractivity (Wildman–Crippen MR) is 110 cm³/mol. The second kappa shape index (κ2) is 8.05. The number of benzene rings is 2. The van der Waals surface area contributed by atoms with Crippen LogP contribution in [0.25, 0.3) is 11.2 Å². The average Bonchev–Trinajstić information content (AvgIpc) is 3.09. The fourth-order valence-electron chi connectivity index (χ4n) is 3.28. The summed E-state index contributed by atoms with van der Waals surface area (Å²) in [7, 11) is 0. The zero-order valence-electron chi connectivity index (χ0n) is 16.8. The van der Waals surface area contributed by atoms with Crippen molar-refractivity contribution >= 4 is 22.8 Å². The summed E-state index contributed by atoms with van der Waals surface area (Å²) in [5.74, 6) is -1.83. The van der Waals surface area contributed by atoms with Gasteiger partial charge in [0.1, 0.15) is 24.5 Å². The molecule has 0 saturated heterocycles. The third kappa shape index (κ3) is 4.32. The highest BCUT2D eigenvalue weighted by molar-refractivity contribution is 5.91. The Kier molecular flexibility index (Phi) is 5.28. The lowest BCUT2D eigenvalue weighted by molar-refractivity contribution is -0.116. The van der Waals surface area contributed by atoms with Crippen LogP contribution in [0.2, 0.25) is 0 Å². The molecule has 0 aliphatic rings. The molecule has 4 aromatic rings. The van der Waals surface area contributed by atoms with E-state index in [0.717, 1.165) is 33.9 Å². The molecule has 2 heterocycles. The summed E-state index contributed by atoms with van der Waals surface area (Å²) in [4.78, 5) is 29.3. The van der Waals surface area contributed by atoms with E-state index in [2.05, 4.69) is 20.6 Å². The van der Waals surface area contributed by atoms with Crippen molar-refractivity contribution in [3.05, 3.63) is 81.4 Å². The van der Waals surface area contributed by atoms with E-state index >= 15 is 0 Å². The van der Waals surface area contributed by atoms with Crippen LogP contribution in [0.3, 0.4) is 0 Å². The molecule has 0 fully saturated rings. The van der Waals surface area contributed by atoms with Crippen LogP contribution in [0, 0.1) is 25.5 Å². The van der Waals surface area contributed by atoms with E-state index in [4.69, 9.17) is 0 Å². The maximum atomic E-state index is 13.4. The zero-order valence-corrected chi connectivity index (χ0v) is 16.8. The van der Waals surface area contributed by atoms with Crippen LogP contribution in [0.4, 0.5) is 14.5 Å². The van der Waals surface area contributed by atoms with Crippen LogP contribution in [0.5, 0.6) is 0 Å². The van der Waals surface area contributed by atoms with E-state index < -0.39 is 23.1 Å². The number of halogens is 2. The summed E-state index contributed by atoms with van der Waals surface area (Å²) < 4.78 is 29.2. The minimum atomic E-state index is -0.718. The average molecular weight is 424 g/mol. The third-order valence-corrected chi connectivity index (χ3v) is 4.72. The molecule has 1 amide bonds. The molecule has 10 heteroatoms. The van der Waals surface area contributed by atoms with Gasteiger partial charge in [-0.3, -0.25) is 14.2 Å². The van der Waals surface area contributed by atoms with Gasteiger partial charge in [-0.15, -0.1) is 5.10 Å². The van der Waals surface area contributed by atoms with Crippen molar-refractivity contribution in [3.8, 4) is 0 Å². The van der Waals surface area contributed by atoms with E-state index in [1.54, 1.807) is 6.07 Å². The van der Waals surface area contributed by atoms with E-state index in [9.17, 15) is 18.4 Å². The van der Waals surface area contributed by atoms with Gasteiger partial charge in [-0.05, 0) is 43.2 Å². The first-order valence-electron chi connectivity index (χ1n) is 9.41. The van der Waals surface area contributed by atoms with Crippen molar-refractivity contribution in [3.63, 3.8) is 0 Å². The molecule has 0 unspecified atom stereocenters.